The van der Waals surface area contributed by atoms with E-state index in [4.69, 9.17) is 0 Å². The summed E-state index contributed by atoms with van der Waals surface area (Å²) in [6.45, 7) is 8.77. The summed E-state index contributed by atoms with van der Waals surface area (Å²) in [6, 6.07) is 120. The first-order valence-electron chi connectivity index (χ1n) is 32.3. The average Bonchev–Trinajstić information content (AvgIpc) is 1.47. The molecule has 18 rings (SSSR count). The molecule has 2 aliphatic carbocycles. The smallest absolute Gasteiger partial charge is 0.0714 e. The Kier molecular flexibility index (Phi) is 12.1. The van der Waals surface area contributed by atoms with Gasteiger partial charge in [-0.2, -0.15) is 0 Å². The van der Waals surface area contributed by atoms with Crippen LogP contribution in [-0.2, 0) is 10.8 Å². The lowest BCUT2D eigenvalue weighted by molar-refractivity contribution is 0.766. The number of hydrogen-bond donors (Lipinski definition) is 0. The summed E-state index contributed by atoms with van der Waals surface area (Å²) in [7, 11) is 0. The van der Waals surface area contributed by atoms with Gasteiger partial charge in [0.1, 0.15) is 0 Å². The molecule has 0 saturated carbocycles. The van der Waals surface area contributed by atoms with Crippen LogP contribution in [0.5, 0.6) is 0 Å². The molecule has 14 aromatic carbocycles. The number of nitrogens with zero attached hydrogens (tertiary/aromatic N) is 3. The van der Waals surface area contributed by atoms with Crippen molar-refractivity contribution in [3.63, 3.8) is 0 Å². The Morgan fingerprint density at radius 3 is 1.13 bits per heavy atom. The van der Waals surface area contributed by atoms with Crippen LogP contribution in [0.1, 0.15) is 89.4 Å². The van der Waals surface area contributed by atoms with Crippen molar-refractivity contribution in [2.24, 2.45) is 0 Å². The van der Waals surface area contributed by atoms with Gasteiger partial charge in [0.2, 0.25) is 0 Å². The van der Waals surface area contributed by atoms with E-state index in [1.807, 2.05) is 0 Å². The summed E-state index contributed by atoms with van der Waals surface area (Å²) in [6.07, 6.45) is 0. The third kappa shape index (κ3) is 7.69. The Bertz CT molecular complexity index is 4840. The molecule has 1 unspecified atom stereocenters. The van der Waals surface area contributed by atoms with Crippen molar-refractivity contribution >= 4 is 62.0 Å². The first kappa shape index (κ1) is 53.7. The van der Waals surface area contributed by atoms with Crippen molar-refractivity contribution in [3.05, 3.63) is 399 Å². The molecule has 0 amide bonds. The van der Waals surface area contributed by atoms with E-state index in [1.165, 1.54) is 117 Å². The minimum absolute atomic E-state index is 0.0379. The van der Waals surface area contributed by atoms with Gasteiger partial charge >= 0.3 is 0 Å². The Morgan fingerprint density at radius 2 is 0.620 bits per heavy atom. The summed E-state index contributed by atoms with van der Waals surface area (Å²) in [5.74, 6) is -0.0379. The van der Waals surface area contributed by atoms with Gasteiger partial charge < -0.3 is 14.7 Å². The molecule has 0 N–H and O–H groups in total. The Labute approximate surface area is 539 Å². The number of anilines is 9. The second-order valence-electron chi connectivity index (χ2n) is 25.8. The molecule has 3 nitrogen and oxygen atoms in total. The molecule has 0 bridgehead atoms. The van der Waals surface area contributed by atoms with Crippen molar-refractivity contribution in [2.45, 2.75) is 44.4 Å². The van der Waals surface area contributed by atoms with E-state index in [-0.39, 0.29) is 5.92 Å². The highest BCUT2D eigenvalue weighted by Gasteiger charge is 2.50. The van der Waals surface area contributed by atoms with Gasteiger partial charge in [0.05, 0.1) is 56.3 Å². The number of aryl methyl sites for hydroxylation is 4. The molecule has 3 heteroatoms. The van der Waals surface area contributed by atoms with E-state index >= 15 is 0 Å². The van der Waals surface area contributed by atoms with Crippen LogP contribution in [-0.4, -0.2) is 0 Å². The van der Waals surface area contributed by atoms with Crippen LogP contribution in [0.15, 0.2) is 315 Å². The number of hydrogen-bond acceptors (Lipinski definition) is 3. The second-order valence-corrected chi connectivity index (χ2v) is 25.8. The van der Waals surface area contributed by atoms with Gasteiger partial charge in [0, 0.05) is 22.4 Å². The number of para-hydroxylation sites is 4. The Hall–Kier alpha value is -11.3. The molecule has 0 aromatic heterocycles. The summed E-state index contributed by atoms with van der Waals surface area (Å²) in [5.41, 5.74) is 32.8. The highest BCUT2D eigenvalue weighted by atomic mass is 15.3. The van der Waals surface area contributed by atoms with Gasteiger partial charge in [0.15, 0.2) is 0 Å². The molecule has 1 atom stereocenters. The molecule has 14 aromatic rings. The normalized spacial score (nSPS) is 15.0. The SMILES string of the molecule is Cc1ccc(C2(c3ccc(C)cc3)c3ccccc3-c3cc4c(cc32)N(c2cccc3c(N5c6ccccc6N(c6ccccc6)c6cc7c(cc65)C(c5ccc(C)cc5)(c5ccc(C)cc5)c5ccccc5-7)cccc23)c2ccccc2C4c2ccccc2)cc1. The van der Waals surface area contributed by atoms with Crippen LogP contribution in [0, 0.1) is 27.7 Å². The van der Waals surface area contributed by atoms with Gasteiger partial charge in [-0.1, -0.05) is 271 Å². The van der Waals surface area contributed by atoms with Gasteiger partial charge in [-0.05, 0) is 178 Å². The van der Waals surface area contributed by atoms with Gasteiger partial charge in [-0.25, -0.2) is 0 Å². The molecular weight excluding hydrogens is 1110 g/mol. The molecule has 0 spiro atoms. The maximum atomic E-state index is 2.62. The minimum Gasteiger partial charge on any atom is -0.309 e. The zero-order valence-electron chi connectivity index (χ0n) is 51.9. The van der Waals surface area contributed by atoms with Crippen molar-refractivity contribution in [1.29, 1.82) is 0 Å². The van der Waals surface area contributed by atoms with E-state index < -0.39 is 10.8 Å². The van der Waals surface area contributed by atoms with Crippen LogP contribution in [0.3, 0.4) is 0 Å². The molecule has 0 radical (unpaired) electrons. The standard InChI is InChI=1S/C89H65N3/c1-57-37-45-62(46-38-57)88(63-47-39-58(2)40-48-63)75-30-14-11-25-67(75)72-53-74-84(55-77(72)88)91(81-32-16-13-27-71(81)87(74)61-21-7-5-8-22-61)79-35-19-29-70-69(79)28-20-36-80(70)92-83-34-18-17-33-82(83)90(66-23-9-6-10-24-66)85-54-73-68-26-12-15-31-76(68)89(78(73)56-86(85)92,64-49-41-59(3)42-50-64)65-51-43-60(4)44-52-65/h5-56,87H,1-4H3. The third-order valence-corrected chi connectivity index (χ3v) is 20.7. The molecule has 0 fully saturated rings. The summed E-state index contributed by atoms with van der Waals surface area (Å²) in [4.78, 5) is 7.69. The van der Waals surface area contributed by atoms with Gasteiger partial charge in [0.25, 0.3) is 0 Å². The predicted octanol–water partition coefficient (Wildman–Crippen LogP) is 23.0. The maximum absolute atomic E-state index is 2.62. The van der Waals surface area contributed by atoms with E-state index in [0.717, 1.165) is 50.6 Å². The van der Waals surface area contributed by atoms with Gasteiger partial charge in [-0.15, -0.1) is 0 Å². The van der Waals surface area contributed by atoms with E-state index in [9.17, 15) is 0 Å². The Balaban J connectivity index is 0.910. The van der Waals surface area contributed by atoms with E-state index in [0.29, 0.717) is 0 Å². The van der Waals surface area contributed by atoms with Crippen LogP contribution in [0.4, 0.5) is 51.2 Å². The van der Waals surface area contributed by atoms with Gasteiger partial charge in [-0.3, -0.25) is 0 Å². The Morgan fingerprint density at radius 1 is 0.239 bits per heavy atom. The highest BCUT2D eigenvalue weighted by molar-refractivity contribution is 6.12. The first-order valence-corrected chi connectivity index (χ1v) is 32.3. The average molecular weight is 1180 g/mol. The maximum Gasteiger partial charge on any atom is 0.0714 e. The zero-order chi connectivity index (χ0) is 61.4. The molecular formula is C89H65N3. The highest BCUT2D eigenvalue weighted by Crippen LogP contribution is 2.65. The quantitative estimate of drug-likeness (QED) is 0.150. The zero-order valence-corrected chi connectivity index (χ0v) is 51.9. The van der Waals surface area contributed by atoms with Crippen LogP contribution in [0.2, 0.25) is 0 Å². The minimum atomic E-state index is -0.626. The van der Waals surface area contributed by atoms with E-state index in [2.05, 4.69) is 358 Å². The van der Waals surface area contributed by atoms with Crippen LogP contribution >= 0.6 is 0 Å². The lowest BCUT2D eigenvalue weighted by Gasteiger charge is -2.42. The van der Waals surface area contributed by atoms with Crippen molar-refractivity contribution < 1.29 is 0 Å². The first-order chi connectivity index (χ1) is 45.3. The van der Waals surface area contributed by atoms with Crippen LogP contribution in [0.25, 0.3) is 33.0 Å². The number of benzene rings is 14. The lowest BCUT2D eigenvalue weighted by Crippen LogP contribution is -2.30. The molecule has 436 valence electrons. The molecule has 4 aliphatic rings. The fourth-order valence-electron chi connectivity index (χ4n) is 16.6. The third-order valence-electron chi connectivity index (χ3n) is 20.7. The molecule has 2 heterocycles. The van der Waals surface area contributed by atoms with Crippen LogP contribution < -0.4 is 14.7 Å². The lowest BCUT2D eigenvalue weighted by atomic mass is 9.67. The van der Waals surface area contributed by atoms with Crippen molar-refractivity contribution in [3.8, 4) is 22.3 Å². The molecule has 2 aliphatic heterocycles. The monoisotopic (exact) mass is 1180 g/mol. The summed E-state index contributed by atoms with van der Waals surface area (Å²) >= 11 is 0. The largest absolute Gasteiger partial charge is 0.309 e. The fraction of sp³-hybridized carbons (Fsp3) is 0.0787. The predicted molar refractivity (Wildman–Crippen MR) is 382 cm³/mol. The summed E-state index contributed by atoms with van der Waals surface area (Å²) < 4.78 is 0. The topological polar surface area (TPSA) is 9.72 Å². The summed E-state index contributed by atoms with van der Waals surface area (Å²) in [5, 5.41) is 2.31. The van der Waals surface area contributed by atoms with Crippen molar-refractivity contribution in [2.75, 3.05) is 14.7 Å². The number of rotatable bonds is 8. The second kappa shape index (κ2) is 20.6. The molecule has 0 saturated heterocycles. The molecule has 92 heavy (non-hydrogen) atoms. The number of fused-ring (bicyclic) bond motifs is 11. The fourth-order valence-corrected chi connectivity index (χ4v) is 16.6. The van der Waals surface area contributed by atoms with Crippen molar-refractivity contribution in [1.82, 2.24) is 0 Å². The van der Waals surface area contributed by atoms with E-state index in [1.54, 1.807) is 0 Å².